The molecule has 0 aliphatic heterocycles. The van der Waals surface area contributed by atoms with Crippen LogP contribution in [0.1, 0.15) is 16.1 Å². The molecule has 1 aromatic heterocycles. The summed E-state index contributed by atoms with van der Waals surface area (Å²) >= 11 is 0. The van der Waals surface area contributed by atoms with Gasteiger partial charge >= 0.3 is 0 Å². The number of hydrogen-bond acceptors (Lipinski definition) is 4. The van der Waals surface area contributed by atoms with Gasteiger partial charge in [-0.25, -0.2) is 4.98 Å². The molecule has 0 atom stereocenters. The fourth-order valence-corrected chi connectivity index (χ4v) is 1.07. The summed E-state index contributed by atoms with van der Waals surface area (Å²) in [4.78, 5) is 14.3. The molecule has 70 valence electrons. The molecule has 2 N–H and O–H groups in total. The zero-order valence-corrected chi connectivity index (χ0v) is 7.45. The van der Waals surface area contributed by atoms with E-state index in [0.29, 0.717) is 18.4 Å². The van der Waals surface area contributed by atoms with E-state index in [1.54, 1.807) is 6.07 Å². The molecular formula is C9H12N2O2. The Balaban J connectivity index is 2.87. The molecule has 0 unspecified atom stereocenters. The Morgan fingerprint density at radius 1 is 1.69 bits per heavy atom. The highest BCUT2D eigenvalue weighted by Crippen LogP contribution is 2.12. The third-order valence-electron chi connectivity index (χ3n) is 1.74. The van der Waals surface area contributed by atoms with E-state index < -0.39 is 0 Å². The molecule has 0 aliphatic carbocycles. The van der Waals surface area contributed by atoms with Crippen LogP contribution in [-0.2, 0) is 6.42 Å². The molecule has 0 fully saturated rings. The number of carbonyl (C=O) groups excluding carboxylic acids is 1. The number of nitrogens with zero attached hydrogens (tertiary/aromatic N) is 1. The van der Waals surface area contributed by atoms with Gasteiger partial charge in [-0.1, -0.05) is 0 Å². The smallest absolute Gasteiger partial charge is 0.168 e. The maximum Gasteiger partial charge on any atom is 0.168 e. The highest BCUT2D eigenvalue weighted by molar-refractivity contribution is 5.74. The zero-order valence-electron chi connectivity index (χ0n) is 7.45. The van der Waals surface area contributed by atoms with Crippen molar-refractivity contribution < 1.29 is 9.90 Å². The Morgan fingerprint density at radius 2 is 2.46 bits per heavy atom. The third kappa shape index (κ3) is 2.52. The number of carbonyl (C=O) groups is 1. The molecule has 0 bridgehead atoms. The fourth-order valence-electron chi connectivity index (χ4n) is 1.07. The summed E-state index contributed by atoms with van der Waals surface area (Å²) in [6.07, 6.45) is 2.66. The first kappa shape index (κ1) is 9.67. The summed E-state index contributed by atoms with van der Waals surface area (Å²) in [7, 11) is 1.83. The van der Waals surface area contributed by atoms with Gasteiger partial charge in [0.05, 0.1) is 6.20 Å². The van der Waals surface area contributed by atoms with Crippen LogP contribution in [0, 0.1) is 0 Å². The highest BCUT2D eigenvalue weighted by Gasteiger charge is 2.03. The van der Waals surface area contributed by atoms with E-state index in [0.717, 1.165) is 12.1 Å². The Labute approximate surface area is 76.6 Å². The minimum atomic E-state index is 0.0942. The van der Waals surface area contributed by atoms with Gasteiger partial charge in [0.1, 0.15) is 11.4 Å². The number of likely N-dealkylation sites (N-methyl/N-ethyl adjacent to an activating group) is 1. The lowest BCUT2D eigenvalue weighted by atomic mass is 10.1. The van der Waals surface area contributed by atoms with E-state index in [1.807, 2.05) is 7.05 Å². The predicted octanol–water partition coefficient (Wildman–Crippen LogP) is 0.362. The molecule has 4 nitrogen and oxygen atoms in total. The number of aldehydes is 1. The van der Waals surface area contributed by atoms with E-state index in [9.17, 15) is 4.79 Å². The standard InChI is InChI=1S/C9H12N2O2/c1-10-3-2-7-4-8(13)5-11-9(7)6-12/h4-6,10,13H,2-3H2,1H3. The monoisotopic (exact) mass is 180 g/mol. The first-order valence-electron chi connectivity index (χ1n) is 4.05. The average molecular weight is 180 g/mol. The summed E-state index contributed by atoms with van der Waals surface area (Å²) in [6, 6.07) is 1.56. The van der Waals surface area contributed by atoms with Gasteiger partial charge in [-0.05, 0) is 31.6 Å². The summed E-state index contributed by atoms with van der Waals surface area (Å²) in [5, 5.41) is 12.1. The van der Waals surface area contributed by atoms with Gasteiger partial charge in [0.2, 0.25) is 0 Å². The van der Waals surface area contributed by atoms with Crippen molar-refractivity contribution in [3.05, 3.63) is 23.5 Å². The van der Waals surface area contributed by atoms with Crippen LogP contribution in [0.4, 0.5) is 0 Å². The molecule has 4 heteroatoms. The Kier molecular flexibility index (Phi) is 3.40. The van der Waals surface area contributed by atoms with Gasteiger partial charge in [-0.3, -0.25) is 4.79 Å². The Hall–Kier alpha value is -1.42. The molecular weight excluding hydrogens is 168 g/mol. The van der Waals surface area contributed by atoms with Crippen molar-refractivity contribution >= 4 is 6.29 Å². The van der Waals surface area contributed by atoms with Gasteiger partial charge in [0, 0.05) is 0 Å². The van der Waals surface area contributed by atoms with Gasteiger partial charge < -0.3 is 10.4 Å². The SMILES string of the molecule is CNCCc1cc(O)cnc1C=O. The van der Waals surface area contributed by atoms with Gasteiger partial charge in [-0.2, -0.15) is 0 Å². The molecule has 1 heterocycles. The first-order chi connectivity index (χ1) is 6.27. The first-order valence-corrected chi connectivity index (χ1v) is 4.05. The van der Waals surface area contributed by atoms with Crippen molar-refractivity contribution in [2.24, 2.45) is 0 Å². The Morgan fingerprint density at radius 3 is 3.08 bits per heavy atom. The van der Waals surface area contributed by atoms with Crippen molar-refractivity contribution in [1.82, 2.24) is 10.3 Å². The van der Waals surface area contributed by atoms with Crippen LogP contribution in [0.15, 0.2) is 12.3 Å². The zero-order chi connectivity index (χ0) is 9.68. The molecule has 1 rings (SSSR count). The number of hydrogen-bond donors (Lipinski definition) is 2. The maximum atomic E-state index is 10.5. The van der Waals surface area contributed by atoms with Crippen LogP contribution in [0.3, 0.4) is 0 Å². The average Bonchev–Trinajstić information content (AvgIpc) is 2.15. The predicted molar refractivity (Wildman–Crippen MR) is 48.9 cm³/mol. The largest absolute Gasteiger partial charge is 0.506 e. The summed E-state index contributed by atoms with van der Waals surface area (Å²) in [6.45, 7) is 0.756. The lowest BCUT2D eigenvalue weighted by Gasteiger charge is -2.03. The van der Waals surface area contributed by atoms with E-state index in [4.69, 9.17) is 5.11 Å². The van der Waals surface area contributed by atoms with Crippen molar-refractivity contribution in [3.63, 3.8) is 0 Å². The van der Waals surface area contributed by atoms with Crippen LogP contribution in [-0.4, -0.2) is 30.0 Å². The second-order valence-corrected chi connectivity index (χ2v) is 2.71. The van der Waals surface area contributed by atoms with Crippen molar-refractivity contribution in [2.75, 3.05) is 13.6 Å². The number of aromatic nitrogens is 1. The number of nitrogens with one attached hydrogen (secondary N) is 1. The lowest BCUT2D eigenvalue weighted by molar-refractivity contribution is 0.111. The summed E-state index contributed by atoms with van der Waals surface area (Å²) in [5.74, 6) is 0.0942. The molecule has 1 aromatic rings. The molecule has 13 heavy (non-hydrogen) atoms. The summed E-state index contributed by atoms with van der Waals surface area (Å²) in [5.41, 5.74) is 1.16. The molecule has 0 amide bonds. The molecule has 0 radical (unpaired) electrons. The van der Waals surface area contributed by atoms with E-state index in [-0.39, 0.29) is 5.75 Å². The molecule has 0 saturated heterocycles. The third-order valence-corrected chi connectivity index (χ3v) is 1.74. The molecule has 0 spiro atoms. The van der Waals surface area contributed by atoms with Crippen molar-refractivity contribution in [2.45, 2.75) is 6.42 Å². The Bertz CT molecular complexity index is 300. The number of aromatic hydroxyl groups is 1. The maximum absolute atomic E-state index is 10.5. The van der Waals surface area contributed by atoms with E-state index >= 15 is 0 Å². The second-order valence-electron chi connectivity index (χ2n) is 2.71. The van der Waals surface area contributed by atoms with Crippen LogP contribution < -0.4 is 5.32 Å². The highest BCUT2D eigenvalue weighted by atomic mass is 16.3. The molecule has 0 aliphatic rings. The topological polar surface area (TPSA) is 62.2 Å². The summed E-state index contributed by atoms with van der Waals surface area (Å²) < 4.78 is 0. The lowest BCUT2D eigenvalue weighted by Crippen LogP contribution is -2.11. The minimum absolute atomic E-state index is 0.0942. The normalized spacial score (nSPS) is 9.92. The van der Waals surface area contributed by atoms with Crippen LogP contribution in [0.2, 0.25) is 0 Å². The number of rotatable bonds is 4. The van der Waals surface area contributed by atoms with Crippen LogP contribution >= 0.6 is 0 Å². The molecule has 0 aromatic carbocycles. The van der Waals surface area contributed by atoms with Crippen molar-refractivity contribution in [1.29, 1.82) is 0 Å². The van der Waals surface area contributed by atoms with Gasteiger partial charge in [0.15, 0.2) is 6.29 Å². The van der Waals surface area contributed by atoms with E-state index in [1.165, 1.54) is 6.20 Å². The van der Waals surface area contributed by atoms with Crippen LogP contribution in [0.25, 0.3) is 0 Å². The van der Waals surface area contributed by atoms with Gasteiger partial charge in [0.25, 0.3) is 0 Å². The fraction of sp³-hybridized carbons (Fsp3) is 0.333. The van der Waals surface area contributed by atoms with E-state index in [2.05, 4.69) is 10.3 Å². The molecule has 0 saturated carbocycles. The van der Waals surface area contributed by atoms with Gasteiger partial charge in [-0.15, -0.1) is 0 Å². The second kappa shape index (κ2) is 4.57. The van der Waals surface area contributed by atoms with Crippen LogP contribution in [0.5, 0.6) is 5.75 Å². The minimum Gasteiger partial charge on any atom is -0.506 e. The van der Waals surface area contributed by atoms with Crippen molar-refractivity contribution in [3.8, 4) is 5.75 Å². The number of pyridine rings is 1. The quantitative estimate of drug-likeness (QED) is 0.657.